The van der Waals surface area contributed by atoms with Gasteiger partial charge in [-0.2, -0.15) is 0 Å². The molecule has 11 nitrogen and oxygen atoms in total. The molecule has 0 aliphatic carbocycles. The van der Waals surface area contributed by atoms with Crippen LogP contribution in [0.3, 0.4) is 0 Å². The number of ether oxygens (including phenoxy) is 4. The molecule has 198 valence electrons. The lowest BCUT2D eigenvalue weighted by molar-refractivity contribution is -0.198. The van der Waals surface area contributed by atoms with Gasteiger partial charge in [0.25, 0.3) is 0 Å². The zero-order chi connectivity index (χ0) is 25.7. The van der Waals surface area contributed by atoms with Crippen LogP contribution in [-0.2, 0) is 18.9 Å². The molecule has 2 aromatic heterocycles. The molecule has 3 aliphatic rings. The van der Waals surface area contributed by atoms with Crippen molar-refractivity contribution in [2.75, 3.05) is 19.6 Å². The summed E-state index contributed by atoms with van der Waals surface area (Å²) in [6, 6.07) is 0.344. The van der Waals surface area contributed by atoms with Crippen LogP contribution in [0.5, 0.6) is 0 Å². The molecule has 5 heterocycles. The molecule has 1 N–H and O–H groups in total. The summed E-state index contributed by atoms with van der Waals surface area (Å²) in [6.45, 7) is 11.7. The van der Waals surface area contributed by atoms with Gasteiger partial charge in [-0.1, -0.05) is 11.6 Å². The van der Waals surface area contributed by atoms with Crippen LogP contribution in [0.15, 0.2) is 12.7 Å². The molecule has 0 radical (unpaired) electrons. The van der Waals surface area contributed by atoms with E-state index in [9.17, 15) is 4.79 Å². The number of alkyl carbamates (subject to hydrolysis) is 1. The lowest BCUT2D eigenvalue weighted by Crippen LogP contribution is -2.43. The fraction of sp³-hybridized carbons (Fsp3) is 0.750. The number of hydrogen-bond donors (Lipinski definition) is 1. The van der Waals surface area contributed by atoms with Crippen molar-refractivity contribution in [2.45, 2.75) is 95.9 Å². The highest BCUT2D eigenvalue weighted by Crippen LogP contribution is 2.44. The van der Waals surface area contributed by atoms with Crippen LogP contribution in [0.2, 0.25) is 5.15 Å². The molecule has 3 aliphatic heterocycles. The third-order valence-corrected chi connectivity index (χ3v) is 7.05. The number of aromatic nitrogens is 4. The minimum absolute atomic E-state index is 0.198. The van der Waals surface area contributed by atoms with E-state index in [1.165, 1.54) is 6.33 Å². The number of amides is 1. The molecule has 0 spiro atoms. The van der Waals surface area contributed by atoms with E-state index in [0.29, 0.717) is 35.4 Å². The van der Waals surface area contributed by atoms with Crippen LogP contribution in [0.1, 0.15) is 60.1 Å². The van der Waals surface area contributed by atoms with E-state index < -0.39 is 17.6 Å². The Kier molecular flexibility index (Phi) is 6.88. The Morgan fingerprint density at radius 2 is 2.03 bits per heavy atom. The maximum atomic E-state index is 12.0. The number of carbonyl (C=O) groups excluding carboxylic acids is 1. The van der Waals surface area contributed by atoms with Gasteiger partial charge in [-0.25, -0.2) is 19.7 Å². The second-order valence-corrected chi connectivity index (χ2v) is 11.5. The van der Waals surface area contributed by atoms with Crippen LogP contribution in [0, 0.1) is 0 Å². The summed E-state index contributed by atoms with van der Waals surface area (Å²) in [5.74, 6) is -0.722. The average Bonchev–Trinajstić information content (AvgIpc) is 3.52. The molecule has 1 amide bonds. The van der Waals surface area contributed by atoms with Crippen molar-refractivity contribution >= 4 is 28.9 Å². The molecule has 0 unspecified atom stereocenters. The van der Waals surface area contributed by atoms with Gasteiger partial charge in [-0.3, -0.25) is 9.47 Å². The summed E-state index contributed by atoms with van der Waals surface area (Å²) < 4.78 is 26.4. The lowest BCUT2D eigenvalue weighted by atomic mass is 10.1. The first-order valence-electron chi connectivity index (χ1n) is 12.6. The number of nitrogens with zero attached hydrogens (tertiary/aromatic N) is 5. The Hall–Kier alpha value is -2.05. The van der Waals surface area contributed by atoms with Crippen LogP contribution in [0.25, 0.3) is 11.2 Å². The van der Waals surface area contributed by atoms with Crippen molar-refractivity contribution in [3.63, 3.8) is 0 Å². The third kappa shape index (κ3) is 5.31. The van der Waals surface area contributed by atoms with E-state index in [1.54, 1.807) is 6.33 Å². The monoisotopic (exact) mass is 522 g/mol. The van der Waals surface area contributed by atoms with E-state index >= 15 is 0 Å². The van der Waals surface area contributed by atoms with Crippen LogP contribution in [0.4, 0.5) is 4.79 Å². The van der Waals surface area contributed by atoms with Gasteiger partial charge in [0.1, 0.15) is 35.8 Å². The van der Waals surface area contributed by atoms with Crippen LogP contribution in [-0.4, -0.2) is 85.9 Å². The number of rotatable bonds is 6. The number of nitrogens with one attached hydrogen (secondary N) is 1. The Morgan fingerprint density at radius 1 is 1.25 bits per heavy atom. The summed E-state index contributed by atoms with van der Waals surface area (Å²) in [4.78, 5) is 27.3. The quantitative estimate of drug-likeness (QED) is 0.571. The largest absolute Gasteiger partial charge is 0.444 e. The first kappa shape index (κ1) is 25.6. The Labute approximate surface area is 215 Å². The molecule has 5 atom stereocenters. The molecule has 36 heavy (non-hydrogen) atoms. The minimum atomic E-state index is -0.722. The van der Waals surface area contributed by atoms with Gasteiger partial charge in [0, 0.05) is 19.1 Å². The number of halogens is 1. The number of likely N-dealkylation sites (tertiary alicyclic amines) is 1. The first-order chi connectivity index (χ1) is 17.0. The molecule has 0 bridgehead atoms. The van der Waals surface area contributed by atoms with E-state index in [4.69, 9.17) is 30.5 Å². The van der Waals surface area contributed by atoms with Crippen molar-refractivity contribution in [2.24, 2.45) is 0 Å². The van der Waals surface area contributed by atoms with Gasteiger partial charge in [0.15, 0.2) is 22.8 Å². The average molecular weight is 523 g/mol. The van der Waals surface area contributed by atoms with Gasteiger partial charge in [0.05, 0.1) is 6.33 Å². The van der Waals surface area contributed by atoms with E-state index in [2.05, 4.69) is 25.2 Å². The summed E-state index contributed by atoms with van der Waals surface area (Å²) in [5.41, 5.74) is 0.615. The molecule has 5 rings (SSSR count). The second-order valence-electron chi connectivity index (χ2n) is 11.1. The molecular weight excluding hydrogens is 488 g/mol. The Bertz CT molecular complexity index is 1100. The van der Waals surface area contributed by atoms with Gasteiger partial charge in [-0.15, -0.1) is 0 Å². The van der Waals surface area contributed by atoms with Gasteiger partial charge in [-0.05, 0) is 60.4 Å². The first-order valence-corrected chi connectivity index (χ1v) is 12.9. The molecule has 2 aromatic rings. The predicted molar refractivity (Wildman–Crippen MR) is 132 cm³/mol. The van der Waals surface area contributed by atoms with Crippen molar-refractivity contribution in [3.05, 3.63) is 17.8 Å². The molecule has 12 heteroatoms. The maximum absolute atomic E-state index is 12.0. The van der Waals surface area contributed by atoms with Gasteiger partial charge < -0.3 is 24.3 Å². The zero-order valence-electron chi connectivity index (χ0n) is 21.4. The summed E-state index contributed by atoms with van der Waals surface area (Å²) in [6.07, 6.45) is 4.53. The predicted octanol–water partition coefficient (Wildman–Crippen LogP) is 3.28. The summed E-state index contributed by atoms with van der Waals surface area (Å²) >= 11 is 6.22. The normalized spacial score (nSPS) is 30.1. The van der Waals surface area contributed by atoms with Crippen molar-refractivity contribution in [3.8, 4) is 0 Å². The van der Waals surface area contributed by atoms with Crippen molar-refractivity contribution in [1.82, 2.24) is 29.7 Å². The highest BCUT2D eigenvalue weighted by Gasteiger charge is 2.56. The molecule has 3 fully saturated rings. The van der Waals surface area contributed by atoms with Crippen molar-refractivity contribution < 1.29 is 23.7 Å². The standard InChI is InChI=1S/C24H35ClN6O5/c1-23(2,3)36-22(32)26-9-8-14-7-6-10-30(14)11-15-17-18(35-24(4,5)34-17)21(33-15)31-13-29-16-19(25)27-12-28-20(16)31/h12-15,17-18,21H,6-11H2,1-5H3,(H,26,32)/t14-,15+,17+,18+,21+/m0/s1. The second kappa shape index (κ2) is 9.68. The maximum Gasteiger partial charge on any atom is 0.407 e. The molecule has 0 aromatic carbocycles. The van der Waals surface area contributed by atoms with E-state index in [1.807, 2.05) is 39.2 Å². The molecule has 3 saturated heterocycles. The smallest absolute Gasteiger partial charge is 0.407 e. The van der Waals surface area contributed by atoms with Crippen molar-refractivity contribution in [1.29, 1.82) is 0 Å². The highest BCUT2D eigenvalue weighted by atomic mass is 35.5. The third-order valence-electron chi connectivity index (χ3n) is 6.77. The summed E-state index contributed by atoms with van der Waals surface area (Å²) in [7, 11) is 0. The lowest BCUT2D eigenvalue weighted by Gasteiger charge is -2.30. The highest BCUT2D eigenvalue weighted by molar-refractivity contribution is 6.33. The Balaban J connectivity index is 1.26. The number of hydrogen-bond acceptors (Lipinski definition) is 9. The zero-order valence-corrected chi connectivity index (χ0v) is 22.2. The van der Waals surface area contributed by atoms with Gasteiger partial charge in [0.2, 0.25) is 0 Å². The van der Waals surface area contributed by atoms with E-state index in [-0.39, 0.29) is 24.4 Å². The number of imidazole rings is 1. The fourth-order valence-electron chi connectivity index (χ4n) is 5.39. The van der Waals surface area contributed by atoms with Crippen LogP contribution >= 0.6 is 11.6 Å². The molecule has 0 saturated carbocycles. The minimum Gasteiger partial charge on any atom is -0.444 e. The number of fused-ring (bicyclic) bond motifs is 2. The molecular formula is C24H35ClN6O5. The Morgan fingerprint density at radius 3 is 2.81 bits per heavy atom. The summed E-state index contributed by atoms with van der Waals surface area (Å²) in [5, 5.41) is 3.18. The van der Waals surface area contributed by atoms with Gasteiger partial charge >= 0.3 is 6.09 Å². The topological polar surface area (TPSA) is 113 Å². The van der Waals surface area contributed by atoms with E-state index in [0.717, 1.165) is 25.8 Å². The number of carbonyl (C=O) groups is 1. The fourth-order valence-corrected chi connectivity index (χ4v) is 5.57. The van der Waals surface area contributed by atoms with Crippen LogP contribution < -0.4 is 5.32 Å². The SMILES string of the molecule is CC(C)(C)OC(=O)NCC[C@@H]1CCCN1C[C@H]1O[C@@H](n2cnc3c(Cl)ncnc32)[C@@H]2OC(C)(C)O[C@@H]21.